The molecular weight excluding hydrogens is 374 g/mol. The molecule has 0 bridgehead atoms. The summed E-state index contributed by atoms with van der Waals surface area (Å²) in [4.78, 5) is 50.7. The van der Waals surface area contributed by atoms with E-state index in [2.05, 4.69) is 0 Å². The lowest BCUT2D eigenvalue weighted by Gasteiger charge is -2.12. The lowest BCUT2D eigenvalue weighted by Crippen LogP contribution is -2.30. The van der Waals surface area contributed by atoms with Crippen LogP contribution in [0, 0.1) is 0 Å². The first-order valence-electron chi connectivity index (χ1n) is 9.31. The molecule has 0 radical (unpaired) electrons. The molecule has 0 atom stereocenters. The maximum Gasteiger partial charge on any atom is 0.338 e. The second-order valence-electron chi connectivity index (χ2n) is 6.58. The van der Waals surface area contributed by atoms with Crippen molar-refractivity contribution in [2.75, 3.05) is 20.3 Å². The fourth-order valence-corrected chi connectivity index (χ4v) is 3.10. The monoisotopic (exact) mass is 395 g/mol. The summed E-state index contributed by atoms with van der Waals surface area (Å²) < 4.78 is 10.2. The van der Waals surface area contributed by atoms with Gasteiger partial charge >= 0.3 is 5.97 Å². The molecule has 2 amide bonds. The van der Waals surface area contributed by atoms with Crippen molar-refractivity contribution in [2.45, 2.75) is 19.8 Å². The van der Waals surface area contributed by atoms with Crippen LogP contribution in [-0.4, -0.2) is 48.7 Å². The normalized spacial score (nSPS) is 12.7. The van der Waals surface area contributed by atoms with Gasteiger partial charge in [-0.15, -0.1) is 0 Å². The van der Waals surface area contributed by atoms with Crippen LogP contribution in [0.4, 0.5) is 0 Å². The summed E-state index contributed by atoms with van der Waals surface area (Å²) in [7, 11) is 1.45. The smallest absolute Gasteiger partial charge is 0.338 e. The lowest BCUT2D eigenvalue weighted by atomic mass is 10.1. The molecule has 1 aliphatic heterocycles. The van der Waals surface area contributed by atoms with Gasteiger partial charge in [0.15, 0.2) is 6.61 Å². The molecule has 150 valence electrons. The molecule has 29 heavy (non-hydrogen) atoms. The van der Waals surface area contributed by atoms with Gasteiger partial charge in [0.25, 0.3) is 11.8 Å². The van der Waals surface area contributed by atoms with Crippen LogP contribution in [0.1, 0.15) is 61.2 Å². The zero-order chi connectivity index (χ0) is 21.0. The Morgan fingerprint density at radius 3 is 2.45 bits per heavy atom. The van der Waals surface area contributed by atoms with Gasteiger partial charge in [-0.25, -0.2) is 4.79 Å². The van der Waals surface area contributed by atoms with E-state index in [-0.39, 0.29) is 22.6 Å². The minimum atomic E-state index is -0.747. The number of benzene rings is 2. The van der Waals surface area contributed by atoms with E-state index in [1.54, 1.807) is 24.3 Å². The minimum absolute atomic E-state index is 0.107. The summed E-state index contributed by atoms with van der Waals surface area (Å²) in [5.41, 5.74) is 0.864. The van der Waals surface area contributed by atoms with Crippen molar-refractivity contribution in [3.8, 4) is 5.75 Å². The number of carbonyl (C=O) groups excluding carboxylic acids is 4. The van der Waals surface area contributed by atoms with E-state index >= 15 is 0 Å². The topological polar surface area (TPSA) is 90.0 Å². The highest BCUT2D eigenvalue weighted by Crippen LogP contribution is 2.25. The number of hydrogen-bond donors (Lipinski definition) is 0. The number of esters is 1. The molecule has 2 aromatic rings. The maximum absolute atomic E-state index is 12.5. The van der Waals surface area contributed by atoms with Crippen molar-refractivity contribution < 1.29 is 28.7 Å². The summed E-state index contributed by atoms with van der Waals surface area (Å²) in [5.74, 6) is -1.54. The molecule has 0 N–H and O–H groups in total. The molecule has 0 aliphatic carbocycles. The van der Waals surface area contributed by atoms with Crippen molar-refractivity contribution in [1.29, 1.82) is 0 Å². The molecule has 1 aliphatic rings. The quantitative estimate of drug-likeness (QED) is 0.388. The molecule has 0 unspecified atom stereocenters. The van der Waals surface area contributed by atoms with Gasteiger partial charge < -0.3 is 9.47 Å². The summed E-state index contributed by atoms with van der Waals surface area (Å²) in [6.45, 7) is 1.85. The Morgan fingerprint density at radius 1 is 1.00 bits per heavy atom. The lowest BCUT2D eigenvalue weighted by molar-refractivity contribution is 0.0474. The van der Waals surface area contributed by atoms with Gasteiger partial charge in [0.05, 0.1) is 29.4 Å². The van der Waals surface area contributed by atoms with E-state index in [0.717, 1.165) is 6.42 Å². The molecule has 1 heterocycles. The highest BCUT2D eigenvalue weighted by atomic mass is 16.5. The Labute approximate surface area is 168 Å². The number of rotatable bonds is 8. The molecule has 0 aromatic heterocycles. The van der Waals surface area contributed by atoms with Crippen LogP contribution in [0.15, 0.2) is 42.5 Å². The third-order valence-corrected chi connectivity index (χ3v) is 4.68. The molecular formula is C22H21NO6. The SMILES string of the molecule is CCCCN1C(=O)c2ccc(C(=O)OCC(=O)c3ccccc3OC)cc2C1=O. The van der Waals surface area contributed by atoms with E-state index < -0.39 is 24.3 Å². The Balaban J connectivity index is 1.70. The average molecular weight is 395 g/mol. The highest BCUT2D eigenvalue weighted by molar-refractivity contribution is 6.22. The minimum Gasteiger partial charge on any atom is -0.496 e. The number of Topliss-reactive ketones (excluding diaryl/α,β-unsaturated/α-hetero) is 1. The van der Waals surface area contributed by atoms with Gasteiger partial charge in [-0.2, -0.15) is 0 Å². The molecule has 3 rings (SSSR count). The second kappa shape index (κ2) is 8.68. The predicted octanol–water partition coefficient (Wildman–Crippen LogP) is 3.13. The number of unbranched alkanes of at least 4 members (excludes halogenated alkanes) is 1. The third-order valence-electron chi connectivity index (χ3n) is 4.68. The zero-order valence-electron chi connectivity index (χ0n) is 16.3. The van der Waals surface area contributed by atoms with Crippen molar-refractivity contribution in [2.24, 2.45) is 0 Å². The molecule has 7 heteroatoms. The van der Waals surface area contributed by atoms with Crippen LogP contribution >= 0.6 is 0 Å². The van der Waals surface area contributed by atoms with Crippen LogP contribution < -0.4 is 4.74 Å². The number of ketones is 1. The number of hydrogen-bond acceptors (Lipinski definition) is 6. The van der Waals surface area contributed by atoms with Crippen molar-refractivity contribution in [3.05, 3.63) is 64.7 Å². The molecule has 2 aromatic carbocycles. The average Bonchev–Trinajstić information content (AvgIpc) is 2.99. The Morgan fingerprint density at radius 2 is 1.72 bits per heavy atom. The van der Waals surface area contributed by atoms with Crippen LogP contribution in [0.5, 0.6) is 5.75 Å². The van der Waals surface area contributed by atoms with E-state index in [4.69, 9.17) is 9.47 Å². The van der Waals surface area contributed by atoms with Gasteiger partial charge in [-0.3, -0.25) is 19.3 Å². The molecule has 0 fully saturated rings. The second-order valence-corrected chi connectivity index (χ2v) is 6.58. The van der Waals surface area contributed by atoms with Crippen molar-refractivity contribution in [1.82, 2.24) is 4.90 Å². The number of amides is 2. The first-order valence-corrected chi connectivity index (χ1v) is 9.31. The molecule has 0 spiro atoms. The molecule has 0 saturated carbocycles. The number of imide groups is 1. The fraction of sp³-hybridized carbons (Fsp3) is 0.273. The summed E-state index contributed by atoms with van der Waals surface area (Å²) in [6, 6.07) is 10.8. The zero-order valence-corrected chi connectivity index (χ0v) is 16.3. The van der Waals surface area contributed by atoms with Gasteiger partial charge in [0, 0.05) is 6.54 Å². The van der Waals surface area contributed by atoms with Crippen LogP contribution in [0.25, 0.3) is 0 Å². The number of methoxy groups -OCH3 is 1. The van der Waals surface area contributed by atoms with E-state index in [0.29, 0.717) is 24.3 Å². The van der Waals surface area contributed by atoms with Gasteiger partial charge in [-0.1, -0.05) is 25.5 Å². The Hall–Kier alpha value is -3.48. The first kappa shape index (κ1) is 20.3. The summed E-state index contributed by atoms with van der Waals surface area (Å²) in [5, 5.41) is 0. The largest absolute Gasteiger partial charge is 0.496 e. The Kier molecular flexibility index (Phi) is 6.07. The predicted molar refractivity (Wildman–Crippen MR) is 104 cm³/mol. The van der Waals surface area contributed by atoms with Crippen LogP contribution in [0.3, 0.4) is 0 Å². The van der Waals surface area contributed by atoms with Crippen molar-refractivity contribution in [3.63, 3.8) is 0 Å². The summed E-state index contributed by atoms with van der Waals surface area (Å²) in [6.07, 6.45) is 1.57. The number of fused-ring (bicyclic) bond motifs is 1. The summed E-state index contributed by atoms with van der Waals surface area (Å²) >= 11 is 0. The van der Waals surface area contributed by atoms with E-state index in [1.165, 1.54) is 30.2 Å². The third kappa shape index (κ3) is 4.03. The van der Waals surface area contributed by atoms with E-state index in [9.17, 15) is 19.2 Å². The fourth-order valence-electron chi connectivity index (χ4n) is 3.10. The van der Waals surface area contributed by atoms with Crippen LogP contribution in [-0.2, 0) is 4.74 Å². The number of nitrogens with zero attached hydrogens (tertiary/aromatic N) is 1. The molecule has 0 saturated heterocycles. The van der Waals surface area contributed by atoms with Gasteiger partial charge in [0.2, 0.25) is 5.78 Å². The highest BCUT2D eigenvalue weighted by Gasteiger charge is 2.35. The number of ether oxygens (including phenoxy) is 2. The Bertz CT molecular complexity index is 981. The van der Waals surface area contributed by atoms with Gasteiger partial charge in [0.1, 0.15) is 5.75 Å². The van der Waals surface area contributed by atoms with Crippen molar-refractivity contribution >= 4 is 23.6 Å². The van der Waals surface area contributed by atoms with Crippen LogP contribution in [0.2, 0.25) is 0 Å². The van der Waals surface area contributed by atoms with Gasteiger partial charge in [-0.05, 0) is 36.8 Å². The first-order chi connectivity index (χ1) is 14.0. The number of carbonyl (C=O) groups is 4. The standard InChI is InChI=1S/C22H21NO6/c1-3-4-11-23-20(25)15-10-9-14(12-17(15)21(23)26)22(27)29-13-18(24)16-7-5-6-8-19(16)28-2/h5-10,12H,3-4,11,13H2,1-2H3. The van der Waals surface area contributed by atoms with E-state index in [1.807, 2.05) is 6.92 Å². The number of para-hydroxylation sites is 1. The molecule has 7 nitrogen and oxygen atoms in total. The maximum atomic E-state index is 12.5.